The molecule has 0 atom stereocenters. The Labute approximate surface area is 273 Å². The summed E-state index contributed by atoms with van der Waals surface area (Å²) in [5.74, 6) is 0.684. The lowest BCUT2D eigenvalue weighted by Gasteiger charge is -2.11. The van der Waals surface area contributed by atoms with E-state index < -0.39 is 11.8 Å². The zero-order valence-corrected chi connectivity index (χ0v) is 26.7. The van der Waals surface area contributed by atoms with Crippen LogP contribution < -0.4 is 16.0 Å². The molecular weight excluding hydrogens is 595 g/mol. The van der Waals surface area contributed by atoms with Gasteiger partial charge in [-0.2, -0.15) is 0 Å². The van der Waals surface area contributed by atoms with Gasteiger partial charge in [-0.05, 0) is 79.1 Å². The number of nitrogens with one attached hydrogen (secondary N) is 3. The van der Waals surface area contributed by atoms with E-state index in [1.54, 1.807) is 42.5 Å². The summed E-state index contributed by atoms with van der Waals surface area (Å²) in [5.41, 5.74) is 4.99. The molecule has 0 saturated carbocycles. The van der Waals surface area contributed by atoms with Crippen molar-refractivity contribution >= 4 is 46.9 Å². The van der Waals surface area contributed by atoms with E-state index in [1.807, 2.05) is 79.7 Å². The molecule has 0 fully saturated rings. The van der Waals surface area contributed by atoms with Crippen LogP contribution in [0.5, 0.6) is 0 Å². The zero-order chi connectivity index (χ0) is 32.5. The first-order valence-electron chi connectivity index (χ1n) is 14.9. The number of rotatable bonds is 11. The van der Waals surface area contributed by atoms with Crippen molar-refractivity contribution in [3.05, 3.63) is 143 Å². The number of carbonyl (C=O) groups is 3. The average Bonchev–Trinajstić information content (AvgIpc) is 3.53. The Morgan fingerprint density at radius 2 is 1.41 bits per heavy atom. The highest BCUT2D eigenvalue weighted by Gasteiger charge is 2.17. The number of hydrogen-bond acceptors (Lipinski definition) is 5. The summed E-state index contributed by atoms with van der Waals surface area (Å²) in [6.07, 6.45) is 1.51. The fraction of sp³-hybridized carbons (Fsp3) is 0.132. The van der Waals surface area contributed by atoms with Gasteiger partial charge in [0.25, 0.3) is 11.8 Å². The molecule has 0 aliphatic heterocycles. The van der Waals surface area contributed by atoms with Crippen molar-refractivity contribution < 1.29 is 18.8 Å². The lowest BCUT2D eigenvalue weighted by atomic mass is 10.0. The lowest BCUT2D eigenvalue weighted by molar-refractivity contribution is -0.114. The van der Waals surface area contributed by atoms with Crippen molar-refractivity contribution in [2.75, 3.05) is 16.4 Å². The van der Waals surface area contributed by atoms with E-state index in [9.17, 15) is 14.4 Å². The predicted octanol–water partition coefficient (Wildman–Crippen LogP) is 8.52. The van der Waals surface area contributed by atoms with E-state index in [4.69, 9.17) is 4.42 Å². The molecular formula is C38H35N3O4S. The largest absolute Gasteiger partial charge is 0.457 e. The minimum Gasteiger partial charge on any atom is -0.457 e. The number of carbonyl (C=O) groups excluding carboxylic acids is 3. The number of amides is 3. The van der Waals surface area contributed by atoms with Crippen molar-refractivity contribution in [2.24, 2.45) is 0 Å². The highest BCUT2D eigenvalue weighted by Crippen LogP contribution is 2.25. The standard InChI is InChI=1S/C38H35N3O4S/c1-25(2)27-13-15-30(16-14-27)39-36(42)24-46-33-20-17-31(18-21-33)40-38(44)34(41-37(43)29-7-5-4-6-8-29)23-32-19-22-35(45-32)28-11-9-26(3)10-12-28/h4-23,25H,24H2,1-3H3,(H,39,42)(H,40,44)(H,41,43)/b34-23-. The molecule has 232 valence electrons. The quantitative estimate of drug-likeness (QED) is 0.100. The number of hydrogen-bond donors (Lipinski definition) is 3. The number of anilines is 2. The summed E-state index contributed by atoms with van der Waals surface area (Å²) in [5, 5.41) is 8.50. The van der Waals surface area contributed by atoms with Crippen molar-refractivity contribution in [3.8, 4) is 11.3 Å². The molecule has 7 nitrogen and oxygen atoms in total. The number of benzene rings is 4. The van der Waals surface area contributed by atoms with Crippen LogP contribution in [0.25, 0.3) is 17.4 Å². The van der Waals surface area contributed by atoms with Gasteiger partial charge in [0.2, 0.25) is 5.91 Å². The molecule has 1 heterocycles. The molecule has 0 radical (unpaired) electrons. The topological polar surface area (TPSA) is 100 Å². The highest BCUT2D eigenvalue weighted by molar-refractivity contribution is 8.00. The van der Waals surface area contributed by atoms with E-state index >= 15 is 0 Å². The maximum Gasteiger partial charge on any atom is 0.272 e. The van der Waals surface area contributed by atoms with E-state index in [0.717, 1.165) is 21.7 Å². The molecule has 5 rings (SSSR count). The monoisotopic (exact) mass is 629 g/mol. The van der Waals surface area contributed by atoms with Gasteiger partial charge in [-0.3, -0.25) is 14.4 Å². The molecule has 0 bridgehead atoms. The third kappa shape index (κ3) is 8.86. The molecule has 0 spiro atoms. The second kappa shape index (κ2) is 15.1. The van der Waals surface area contributed by atoms with Crippen LogP contribution in [0.15, 0.2) is 130 Å². The van der Waals surface area contributed by atoms with Crippen LogP contribution >= 0.6 is 11.8 Å². The van der Waals surface area contributed by atoms with Crippen LogP contribution in [0.3, 0.4) is 0 Å². The first-order valence-corrected chi connectivity index (χ1v) is 15.9. The van der Waals surface area contributed by atoms with Gasteiger partial charge in [-0.1, -0.05) is 74.0 Å². The first kappa shape index (κ1) is 32.1. The molecule has 3 N–H and O–H groups in total. The van der Waals surface area contributed by atoms with Gasteiger partial charge in [-0.25, -0.2) is 0 Å². The van der Waals surface area contributed by atoms with Crippen LogP contribution in [-0.2, 0) is 9.59 Å². The van der Waals surface area contributed by atoms with Gasteiger partial charge >= 0.3 is 0 Å². The second-order valence-corrected chi connectivity index (χ2v) is 12.1. The van der Waals surface area contributed by atoms with Crippen LogP contribution in [0.4, 0.5) is 11.4 Å². The van der Waals surface area contributed by atoms with Crippen molar-refractivity contribution in [3.63, 3.8) is 0 Å². The molecule has 8 heteroatoms. The minimum atomic E-state index is -0.513. The summed E-state index contributed by atoms with van der Waals surface area (Å²) < 4.78 is 6.00. The highest BCUT2D eigenvalue weighted by atomic mass is 32.2. The number of furan rings is 1. The zero-order valence-electron chi connectivity index (χ0n) is 25.9. The molecule has 0 unspecified atom stereocenters. The van der Waals surface area contributed by atoms with E-state index in [-0.39, 0.29) is 17.4 Å². The predicted molar refractivity (Wildman–Crippen MR) is 186 cm³/mol. The van der Waals surface area contributed by atoms with Crippen LogP contribution in [0.1, 0.15) is 47.0 Å². The normalized spacial score (nSPS) is 11.3. The molecule has 1 aromatic heterocycles. The van der Waals surface area contributed by atoms with Gasteiger partial charge in [-0.15, -0.1) is 11.8 Å². The summed E-state index contributed by atoms with van der Waals surface area (Å²) in [6.45, 7) is 6.27. The Balaban J connectivity index is 1.24. The molecule has 0 saturated heterocycles. The fourth-order valence-corrected chi connectivity index (χ4v) is 5.22. The van der Waals surface area contributed by atoms with Crippen molar-refractivity contribution in [1.29, 1.82) is 0 Å². The molecule has 3 amide bonds. The van der Waals surface area contributed by atoms with Crippen LogP contribution in [0, 0.1) is 6.92 Å². The third-order valence-corrected chi connectivity index (χ3v) is 8.13. The fourth-order valence-electron chi connectivity index (χ4n) is 4.52. The van der Waals surface area contributed by atoms with Gasteiger partial charge in [0.05, 0.1) is 5.75 Å². The molecule has 46 heavy (non-hydrogen) atoms. The lowest BCUT2D eigenvalue weighted by Crippen LogP contribution is -2.30. The second-order valence-electron chi connectivity index (χ2n) is 11.0. The smallest absolute Gasteiger partial charge is 0.272 e. The maximum atomic E-state index is 13.4. The summed E-state index contributed by atoms with van der Waals surface area (Å²) in [4.78, 5) is 39.8. The Kier molecular flexibility index (Phi) is 10.5. The van der Waals surface area contributed by atoms with Gasteiger partial charge < -0.3 is 20.4 Å². The molecule has 0 aliphatic rings. The maximum absolute atomic E-state index is 13.4. The first-order chi connectivity index (χ1) is 22.2. The summed E-state index contributed by atoms with van der Waals surface area (Å²) in [7, 11) is 0. The minimum absolute atomic E-state index is 0.0233. The Morgan fingerprint density at radius 3 is 2.09 bits per heavy atom. The molecule has 4 aromatic carbocycles. The number of aryl methyl sites for hydroxylation is 1. The van der Waals surface area contributed by atoms with Crippen LogP contribution in [0.2, 0.25) is 0 Å². The molecule has 5 aromatic rings. The van der Waals surface area contributed by atoms with Crippen molar-refractivity contribution in [2.45, 2.75) is 31.6 Å². The Morgan fingerprint density at radius 1 is 0.761 bits per heavy atom. The summed E-state index contributed by atoms with van der Waals surface area (Å²) >= 11 is 1.39. The van der Waals surface area contributed by atoms with E-state index in [0.29, 0.717) is 28.7 Å². The third-order valence-electron chi connectivity index (χ3n) is 7.12. The van der Waals surface area contributed by atoms with Crippen molar-refractivity contribution in [1.82, 2.24) is 5.32 Å². The summed E-state index contributed by atoms with van der Waals surface area (Å²) in [6, 6.07) is 35.2. The Hall–Kier alpha value is -5.34. The number of thioether (sulfide) groups is 1. The van der Waals surface area contributed by atoms with Crippen LogP contribution in [-0.4, -0.2) is 23.5 Å². The average molecular weight is 630 g/mol. The van der Waals surface area contributed by atoms with E-state index in [2.05, 4.69) is 29.8 Å². The van der Waals surface area contributed by atoms with Gasteiger partial charge in [0.15, 0.2) is 0 Å². The van der Waals surface area contributed by atoms with Gasteiger partial charge in [0, 0.05) is 33.5 Å². The molecule has 0 aliphatic carbocycles. The Bertz CT molecular complexity index is 1830. The van der Waals surface area contributed by atoms with E-state index in [1.165, 1.54) is 23.4 Å². The SMILES string of the molecule is Cc1ccc(-c2ccc(/C=C(\NC(=O)c3ccccc3)C(=O)Nc3ccc(SCC(=O)Nc4ccc(C(C)C)cc4)cc3)o2)cc1. The van der Waals surface area contributed by atoms with Gasteiger partial charge in [0.1, 0.15) is 17.2 Å².